The third-order valence-corrected chi connectivity index (χ3v) is 7.45. The first-order valence-electron chi connectivity index (χ1n) is 9.08. The van der Waals surface area contributed by atoms with Crippen LogP contribution in [0.1, 0.15) is 25.6 Å². The van der Waals surface area contributed by atoms with E-state index >= 15 is 0 Å². The molecule has 3 rings (SSSR count). The number of nitrogens with one attached hydrogen (secondary N) is 1. The number of nitrogens with zero attached hydrogens (tertiary/aromatic N) is 1. The van der Waals surface area contributed by atoms with Crippen molar-refractivity contribution in [1.29, 1.82) is 0 Å². The fourth-order valence-electron chi connectivity index (χ4n) is 2.62. The Morgan fingerprint density at radius 1 is 1.06 bits per heavy atom. The largest absolute Gasteiger partial charge is 0.465 e. The number of anilines is 1. The summed E-state index contributed by atoms with van der Waals surface area (Å²) in [6.45, 7) is 0.994. The summed E-state index contributed by atoms with van der Waals surface area (Å²) in [6, 6.07) is 7.63. The van der Waals surface area contributed by atoms with E-state index in [1.807, 2.05) is 24.3 Å². The Labute approximate surface area is 195 Å². The first kappa shape index (κ1) is 23.7. The molecule has 1 amide bonds. The second-order valence-electron chi connectivity index (χ2n) is 6.19. The maximum atomic E-state index is 12.3. The zero-order valence-electron chi connectivity index (χ0n) is 17.3. The summed E-state index contributed by atoms with van der Waals surface area (Å²) in [4.78, 5) is 52.9. The molecule has 0 radical (unpaired) electrons. The zero-order chi connectivity index (χ0) is 23.3. The van der Waals surface area contributed by atoms with Crippen molar-refractivity contribution in [3.8, 4) is 0 Å². The highest BCUT2D eigenvalue weighted by atomic mass is 32.2. The number of para-hydroxylation sites is 1. The summed E-state index contributed by atoms with van der Waals surface area (Å²) in [6.07, 6.45) is 0. The van der Waals surface area contributed by atoms with Crippen molar-refractivity contribution in [1.82, 2.24) is 4.98 Å². The molecule has 0 aliphatic carbocycles. The van der Waals surface area contributed by atoms with Crippen LogP contribution in [-0.2, 0) is 23.8 Å². The molecule has 0 spiro atoms. The number of ether oxygens (including phenoxy) is 3. The van der Waals surface area contributed by atoms with E-state index in [0.29, 0.717) is 5.56 Å². The van der Waals surface area contributed by atoms with Gasteiger partial charge in [-0.2, -0.15) is 0 Å². The van der Waals surface area contributed by atoms with Gasteiger partial charge in [0.2, 0.25) is 0 Å². The van der Waals surface area contributed by atoms with Crippen LogP contribution in [0.25, 0.3) is 10.2 Å². The maximum absolute atomic E-state index is 12.3. The average Bonchev–Trinajstić information content (AvgIpc) is 3.35. The SMILES string of the molecule is COC(=O)c1sc(NC(=O)COC(=O)CSc2nc3ccccc3s2)c(C(=O)OC)c1C. The molecule has 0 saturated heterocycles. The van der Waals surface area contributed by atoms with Crippen LogP contribution >= 0.6 is 34.4 Å². The minimum atomic E-state index is -0.714. The van der Waals surface area contributed by atoms with Crippen molar-refractivity contribution in [3.63, 3.8) is 0 Å². The molecule has 0 aliphatic rings. The summed E-state index contributed by atoms with van der Waals surface area (Å²) in [5, 5.41) is 2.60. The van der Waals surface area contributed by atoms with Gasteiger partial charge in [-0.1, -0.05) is 23.9 Å². The van der Waals surface area contributed by atoms with Gasteiger partial charge in [0.25, 0.3) is 5.91 Å². The molecular formula is C20H18N2O7S3. The number of amides is 1. The molecule has 1 N–H and O–H groups in total. The van der Waals surface area contributed by atoms with Gasteiger partial charge in [-0.15, -0.1) is 22.7 Å². The van der Waals surface area contributed by atoms with Crippen LogP contribution < -0.4 is 5.32 Å². The highest BCUT2D eigenvalue weighted by Crippen LogP contribution is 2.34. The van der Waals surface area contributed by atoms with Gasteiger partial charge >= 0.3 is 17.9 Å². The summed E-state index contributed by atoms with van der Waals surface area (Å²) in [5.41, 5.74) is 1.23. The number of benzene rings is 1. The Balaban J connectivity index is 1.57. The van der Waals surface area contributed by atoms with Gasteiger partial charge in [0.05, 0.1) is 35.8 Å². The van der Waals surface area contributed by atoms with Gasteiger partial charge in [-0.25, -0.2) is 14.6 Å². The second-order valence-corrected chi connectivity index (χ2v) is 9.46. The number of thioether (sulfide) groups is 1. The van der Waals surface area contributed by atoms with E-state index < -0.39 is 30.4 Å². The fraction of sp³-hybridized carbons (Fsp3) is 0.250. The van der Waals surface area contributed by atoms with Crippen LogP contribution in [-0.4, -0.2) is 55.4 Å². The first-order chi connectivity index (χ1) is 15.3. The van der Waals surface area contributed by atoms with Crippen LogP contribution in [0, 0.1) is 6.92 Å². The minimum Gasteiger partial charge on any atom is -0.465 e. The monoisotopic (exact) mass is 494 g/mol. The van der Waals surface area contributed by atoms with Gasteiger partial charge < -0.3 is 19.5 Å². The summed E-state index contributed by atoms with van der Waals surface area (Å²) < 4.78 is 16.2. The quantitative estimate of drug-likeness (QED) is 0.285. The van der Waals surface area contributed by atoms with Gasteiger partial charge in [-0.3, -0.25) is 9.59 Å². The first-order valence-corrected chi connectivity index (χ1v) is 11.7. The van der Waals surface area contributed by atoms with Crippen molar-refractivity contribution in [3.05, 3.63) is 40.3 Å². The molecule has 32 heavy (non-hydrogen) atoms. The lowest BCUT2D eigenvalue weighted by molar-refractivity contribution is -0.144. The molecule has 0 bridgehead atoms. The normalized spacial score (nSPS) is 10.6. The Morgan fingerprint density at radius 2 is 1.78 bits per heavy atom. The number of rotatable bonds is 8. The van der Waals surface area contributed by atoms with E-state index in [4.69, 9.17) is 14.2 Å². The van der Waals surface area contributed by atoms with E-state index in [2.05, 4.69) is 10.3 Å². The van der Waals surface area contributed by atoms with Gasteiger partial charge in [-0.05, 0) is 24.6 Å². The van der Waals surface area contributed by atoms with Crippen molar-refractivity contribution in [2.24, 2.45) is 0 Å². The number of esters is 3. The number of thiazole rings is 1. The number of fused-ring (bicyclic) bond motifs is 1. The van der Waals surface area contributed by atoms with E-state index in [9.17, 15) is 19.2 Å². The molecule has 0 saturated carbocycles. The average molecular weight is 495 g/mol. The third-order valence-electron chi connectivity index (χ3n) is 4.11. The van der Waals surface area contributed by atoms with Crippen molar-refractivity contribution >= 4 is 73.5 Å². The fourth-order valence-corrected chi connectivity index (χ4v) is 5.62. The van der Waals surface area contributed by atoms with E-state index in [1.54, 1.807) is 6.92 Å². The summed E-state index contributed by atoms with van der Waals surface area (Å²) in [7, 11) is 2.40. The minimum absolute atomic E-state index is 0.00882. The molecule has 2 heterocycles. The molecule has 168 valence electrons. The van der Waals surface area contributed by atoms with Crippen LogP contribution in [0.4, 0.5) is 5.00 Å². The molecule has 2 aromatic heterocycles. The lowest BCUT2D eigenvalue weighted by atomic mass is 10.1. The van der Waals surface area contributed by atoms with E-state index in [-0.39, 0.29) is 21.2 Å². The van der Waals surface area contributed by atoms with Crippen LogP contribution in [0.15, 0.2) is 28.6 Å². The molecule has 0 unspecified atom stereocenters. The number of carbonyl (C=O) groups is 4. The highest BCUT2D eigenvalue weighted by Gasteiger charge is 2.27. The topological polar surface area (TPSA) is 121 Å². The zero-order valence-corrected chi connectivity index (χ0v) is 19.7. The number of hydrogen-bond acceptors (Lipinski definition) is 11. The predicted molar refractivity (Wildman–Crippen MR) is 122 cm³/mol. The predicted octanol–water partition coefficient (Wildman–Crippen LogP) is 3.51. The molecule has 12 heteroatoms. The lowest BCUT2D eigenvalue weighted by Gasteiger charge is -2.07. The number of hydrogen-bond donors (Lipinski definition) is 1. The molecule has 0 aliphatic heterocycles. The molecule has 9 nitrogen and oxygen atoms in total. The van der Waals surface area contributed by atoms with Crippen molar-refractivity contribution in [2.45, 2.75) is 11.3 Å². The van der Waals surface area contributed by atoms with Crippen LogP contribution in [0.2, 0.25) is 0 Å². The van der Waals surface area contributed by atoms with Gasteiger partial charge in [0, 0.05) is 0 Å². The summed E-state index contributed by atoms with van der Waals surface area (Å²) in [5.74, 6) is -2.61. The standard InChI is InChI=1S/C20H18N2O7S3/c1-10-15(18(25)27-2)17(32-16(10)19(26)28-3)22-13(23)8-29-14(24)9-30-20-21-11-6-4-5-7-12(11)31-20/h4-7H,8-9H2,1-3H3,(H,22,23). The van der Waals surface area contributed by atoms with Gasteiger partial charge in [0.1, 0.15) is 9.88 Å². The highest BCUT2D eigenvalue weighted by molar-refractivity contribution is 8.01. The smallest absolute Gasteiger partial charge is 0.348 e. The van der Waals surface area contributed by atoms with Crippen molar-refractivity contribution in [2.75, 3.05) is 31.9 Å². The lowest BCUT2D eigenvalue weighted by Crippen LogP contribution is -2.22. The molecule has 0 fully saturated rings. The number of thiophene rings is 1. The van der Waals surface area contributed by atoms with Crippen LogP contribution in [0.5, 0.6) is 0 Å². The second kappa shape index (κ2) is 10.6. The number of methoxy groups -OCH3 is 2. The van der Waals surface area contributed by atoms with Crippen molar-refractivity contribution < 1.29 is 33.4 Å². The number of carbonyl (C=O) groups excluding carboxylic acids is 4. The Hall–Kier alpha value is -2.96. The Kier molecular flexibility index (Phi) is 7.83. The Bertz CT molecular complexity index is 1150. The number of aromatic nitrogens is 1. The van der Waals surface area contributed by atoms with Gasteiger partial charge in [0.15, 0.2) is 10.9 Å². The summed E-state index contributed by atoms with van der Waals surface area (Å²) >= 11 is 3.56. The van der Waals surface area contributed by atoms with Crippen LogP contribution in [0.3, 0.4) is 0 Å². The molecule has 1 aromatic carbocycles. The van der Waals surface area contributed by atoms with E-state index in [1.165, 1.54) is 37.3 Å². The Morgan fingerprint density at radius 3 is 2.47 bits per heavy atom. The molecule has 3 aromatic rings. The van der Waals surface area contributed by atoms with E-state index in [0.717, 1.165) is 25.9 Å². The molecular weight excluding hydrogens is 476 g/mol. The maximum Gasteiger partial charge on any atom is 0.348 e. The third kappa shape index (κ3) is 5.44. The molecule has 0 atom stereocenters.